The zero-order chi connectivity index (χ0) is 25.2. The maximum atomic E-state index is 15.3. The summed E-state index contributed by atoms with van der Waals surface area (Å²) in [7, 11) is 0. The second-order valence-electron chi connectivity index (χ2n) is 9.58. The number of anilines is 1. The number of halogens is 1. The Morgan fingerprint density at radius 3 is 2.58 bits per heavy atom. The Labute approximate surface area is 210 Å². The maximum absolute atomic E-state index is 15.3. The Bertz CT molecular complexity index is 1290. The highest BCUT2D eigenvalue weighted by atomic mass is 19.1. The van der Waals surface area contributed by atoms with Gasteiger partial charge in [0, 0.05) is 43.2 Å². The molecular formula is C28H30FN5O2. The van der Waals surface area contributed by atoms with Crippen molar-refractivity contribution in [2.24, 2.45) is 10.9 Å². The first-order chi connectivity index (χ1) is 17.4. The van der Waals surface area contributed by atoms with Gasteiger partial charge in [0.15, 0.2) is 0 Å². The average Bonchev–Trinajstić information content (AvgIpc) is 2.98. The lowest BCUT2D eigenvalue weighted by molar-refractivity contribution is -0.138. The van der Waals surface area contributed by atoms with Crippen molar-refractivity contribution in [2.75, 3.05) is 18.0 Å². The number of aliphatic imine (C=N–C) groups is 1. The normalized spacial score (nSPS) is 20.0. The molecule has 7 nitrogen and oxygen atoms in total. The molecule has 2 N–H and O–H groups in total. The summed E-state index contributed by atoms with van der Waals surface area (Å²) in [5.74, 6) is 0.237. The Morgan fingerprint density at radius 2 is 1.92 bits per heavy atom. The van der Waals surface area contributed by atoms with Crippen LogP contribution in [0.25, 0.3) is 11.1 Å². The monoisotopic (exact) mass is 487 g/mol. The number of amidine groups is 1. The van der Waals surface area contributed by atoms with E-state index in [4.69, 9.17) is 10.1 Å². The van der Waals surface area contributed by atoms with Crippen LogP contribution in [0.1, 0.15) is 45.1 Å². The number of hydrogen-bond donors (Lipinski definition) is 2. The van der Waals surface area contributed by atoms with Crippen LogP contribution in [-0.4, -0.2) is 46.0 Å². The molecule has 0 radical (unpaired) electrons. The summed E-state index contributed by atoms with van der Waals surface area (Å²) in [6.45, 7) is 5.68. The van der Waals surface area contributed by atoms with Crippen LogP contribution >= 0.6 is 0 Å². The molecule has 5 rings (SSSR count). The summed E-state index contributed by atoms with van der Waals surface area (Å²) in [6, 6.07) is 4.99. The van der Waals surface area contributed by atoms with Gasteiger partial charge in [0.05, 0.1) is 11.6 Å². The second kappa shape index (κ2) is 10.0. The number of aromatic nitrogens is 2. The van der Waals surface area contributed by atoms with Gasteiger partial charge in [0.2, 0.25) is 5.95 Å². The van der Waals surface area contributed by atoms with E-state index >= 15 is 4.39 Å². The van der Waals surface area contributed by atoms with Crippen molar-refractivity contribution in [1.82, 2.24) is 15.3 Å². The van der Waals surface area contributed by atoms with E-state index in [2.05, 4.69) is 52.3 Å². The molecule has 1 aliphatic carbocycles. The van der Waals surface area contributed by atoms with E-state index in [1.165, 1.54) is 17.2 Å². The van der Waals surface area contributed by atoms with Crippen molar-refractivity contribution in [2.45, 2.75) is 45.6 Å². The van der Waals surface area contributed by atoms with Crippen LogP contribution in [0.4, 0.5) is 10.3 Å². The molecule has 2 bridgehead atoms. The van der Waals surface area contributed by atoms with Gasteiger partial charge in [-0.15, -0.1) is 0 Å². The number of nitrogens with zero attached hydrogens (tertiary/aromatic N) is 4. The SMILES string of the molecule is CCC1=CC2C=C(C=C1C)NC(c1ccc(-c3cnc(N4CCC(CC(=O)O)CC4)nc3)cc1F)=N2. The van der Waals surface area contributed by atoms with Gasteiger partial charge in [-0.25, -0.2) is 14.4 Å². The van der Waals surface area contributed by atoms with Gasteiger partial charge >= 0.3 is 5.97 Å². The minimum atomic E-state index is -0.747. The molecular weight excluding hydrogens is 457 g/mol. The molecule has 1 fully saturated rings. The molecule has 1 aromatic heterocycles. The van der Waals surface area contributed by atoms with E-state index < -0.39 is 5.97 Å². The lowest BCUT2D eigenvalue weighted by Crippen LogP contribution is -2.35. The Hall–Kier alpha value is -3.81. The van der Waals surface area contributed by atoms with Crippen LogP contribution in [0, 0.1) is 11.7 Å². The number of nitrogens with one attached hydrogen (secondary N) is 1. The number of aliphatic carboxylic acids is 1. The van der Waals surface area contributed by atoms with Crippen molar-refractivity contribution in [3.05, 3.63) is 77.0 Å². The predicted molar refractivity (Wildman–Crippen MR) is 138 cm³/mol. The topological polar surface area (TPSA) is 90.7 Å². The van der Waals surface area contributed by atoms with E-state index in [0.717, 1.165) is 43.6 Å². The number of carboxylic acid groups (broad SMARTS) is 1. The van der Waals surface area contributed by atoms with E-state index in [9.17, 15) is 4.79 Å². The summed E-state index contributed by atoms with van der Waals surface area (Å²) in [4.78, 5) is 26.7. The van der Waals surface area contributed by atoms with Crippen LogP contribution in [-0.2, 0) is 4.79 Å². The zero-order valence-corrected chi connectivity index (χ0v) is 20.5. The molecule has 3 heterocycles. The molecule has 8 heteroatoms. The highest BCUT2D eigenvalue weighted by Crippen LogP contribution is 2.27. The van der Waals surface area contributed by atoms with Crippen molar-refractivity contribution in [3.63, 3.8) is 0 Å². The molecule has 36 heavy (non-hydrogen) atoms. The number of allylic oxidation sites excluding steroid dienone is 3. The first kappa shape index (κ1) is 23.9. The fourth-order valence-electron chi connectivity index (χ4n) is 5.05. The fourth-order valence-corrected chi connectivity index (χ4v) is 5.05. The largest absolute Gasteiger partial charge is 0.481 e. The molecule has 186 valence electrons. The molecule has 1 saturated heterocycles. The van der Waals surface area contributed by atoms with Gasteiger partial charge in [-0.2, -0.15) is 0 Å². The van der Waals surface area contributed by atoms with Gasteiger partial charge in [-0.3, -0.25) is 9.79 Å². The molecule has 2 aliphatic heterocycles. The molecule has 0 spiro atoms. The lowest BCUT2D eigenvalue weighted by atomic mass is 9.94. The number of fused-ring (bicyclic) bond motifs is 1. The standard InChI is InChI=1S/C28H30FN5O2/c1-3-19-12-23-14-22(10-17(19)2)32-27(33-23)24-5-4-20(13-25(24)29)21-15-30-28(31-16-21)34-8-6-18(7-9-34)11-26(35)36/h4-5,10,12-16,18,23H,3,6-9,11H2,1-2H3,(H,32,33)(H,35,36). The third-order valence-corrected chi connectivity index (χ3v) is 7.08. The molecule has 0 amide bonds. The number of benzene rings is 1. The summed E-state index contributed by atoms with van der Waals surface area (Å²) >= 11 is 0. The van der Waals surface area contributed by atoms with Crippen LogP contribution in [0.3, 0.4) is 0 Å². The zero-order valence-electron chi connectivity index (χ0n) is 20.5. The van der Waals surface area contributed by atoms with E-state index in [-0.39, 0.29) is 24.2 Å². The highest BCUT2D eigenvalue weighted by Gasteiger charge is 2.23. The number of piperidine rings is 1. The highest BCUT2D eigenvalue weighted by molar-refractivity contribution is 6.01. The van der Waals surface area contributed by atoms with Crippen molar-refractivity contribution >= 4 is 17.8 Å². The lowest BCUT2D eigenvalue weighted by Gasteiger charge is -2.31. The summed E-state index contributed by atoms with van der Waals surface area (Å²) in [5, 5.41) is 12.3. The van der Waals surface area contributed by atoms with E-state index in [0.29, 0.717) is 22.9 Å². The maximum Gasteiger partial charge on any atom is 0.303 e. The minimum Gasteiger partial charge on any atom is -0.481 e. The molecule has 1 atom stereocenters. The van der Waals surface area contributed by atoms with E-state index in [1.807, 2.05) is 6.07 Å². The van der Waals surface area contributed by atoms with Gasteiger partial charge in [0.25, 0.3) is 0 Å². The van der Waals surface area contributed by atoms with Gasteiger partial charge in [-0.1, -0.05) is 19.1 Å². The summed E-state index contributed by atoms with van der Waals surface area (Å²) in [5.41, 5.74) is 5.23. The van der Waals surface area contributed by atoms with Crippen molar-refractivity contribution in [3.8, 4) is 11.1 Å². The molecule has 1 aromatic carbocycles. The minimum absolute atomic E-state index is 0.117. The first-order valence-electron chi connectivity index (χ1n) is 12.4. The number of carbonyl (C=O) groups is 1. The van der Waals surface area contributed by atoms with Crippen molar-refractivity contribution < 1.29 is 14.3 Å². The average molecular weight is 488 g/mol. The molecule has 2 aromatic rings. The quantitative estimate of drug-likeness (QED) is 0.604. The van der Waals surface area contributed by atoms with Crippen LogP contribution in [0.5, 0.6) is 0 Å². The third kappa shape index (κ3) is 5.08. The summed E-state index contributed by atoms with van der Waals surface area (Å²) < 4.78 is 15.3. The number of rotatable bonds is 6. The molecule has 3 aliphatic rings. The van der Waals surface area contributed by atoms with E-state index in [1.54, 1.807) is 18.5 Å². The predicted octanol–water partition coefficient (Wildman–Crippen LogP) is 4.87. The van der Waals surface area contributed by atoms with Crippen LogP contribution < -0.4 is 10.2 Å². The van der Waals surface area contributed by atoms with Crippen LogP contribution in [0.2, 0.25) is 0 Å². The third-order valence-electron chi connectivity index (χ3n) is 7.08. The van der Waals surface area contributed by atoms with Gasteiger partial charge in [0.1, 0.15) is 11.7 Å². The smallest absolute Gasteiger partial charge is 0.303 e. The van der Waals surface area contributed by atoms with Crippen molar-refractivity contribution in [1.29, 1.82) is 0 Å². The second-order valence-corrected chi connectivity index (χ2v) is 9.58. The molecule has 0 saturated carbocycles. The van der Waals surface area contributed by atoms with Gasteiger partial charge < -0.3 is 15.3 Å². The first-order valence-corrected chi connectivity index (χ1v) is 12.4. The Kier molecular flexibility index (Phi) is 6.67. The summed E-state index contributed by atoms with van der Waals surface area (Å²) in [6.07, 6.45) is 12.5. The number of hydrogen-bond acceptors (Lipinski definition) is 6. The Balaban J connectivity index is 1.30. The van der Waals surface area contributed by atoms with Crippen LogP contribution in [0.15, 0.2) is 70.7 Å². The Morgan fingerprint density at radius 1 is 1.17 bits per heavy atom. The van der Waals surface area contributed by atoms with Gasteiger partial charge in [-0.05, 0) is 73.1 Å². The fraction of sp³-hybridized carbons (Fsp3) is 0.357. The molecule has 1 unspecified atom stereocenters. The number of carboxylic acids is 1.